The monoisotopic (exact) mass is 431 g/mol. The van der Waals surface area contributed by atoms with Crippen molar-refractivity contribution in [1.29, 1.82) is 0 Å². The molecule has 1 aliphatic heterocycles. The van der Waals surface area contributed by atoms with E-state index in [1.54, 1.807) is 36.3 Å². The fraction of sp³-hybridized carbons (Fsp3) is 0.450. The molecule has 0 saturated carbocycles. The topological polar surface area (TPSA) is 114 Å². The number of benzene rings is 1. The van der Waals surface area contributed by atoms with Gasteiger partial charge in [-0.3, -0.25) is 14.4 Å². The Labute approximate surface area is 178 Å². The summed E-state index contributed by atoms with van der Waals surface area (Å²) >= 11 is 0.942. The Bertz CT molecular complexity index is 899. The van der Waals surface area contributed by atoms with Crippen LogP contribution >= 0.6 is 11.3 Å². The number of hydrogen-bond donors (Lipinski definition) is 2. The Kier molecular flexibility index (Phi) is 7.34. The van der Waals surface area contributed by atoms with E-state index in [0.29, 0.717) is 31.1 Å². The molecule has 1 fully saturated rings. The maximum Gasteiger partial charge on any atom is 0.286 e. The van der Waals surface area contributed by atoms with E-state index in [2.05, 4.69) is 20.8 Å². The van der Waals surface area contributed by atoms with Gasteiger partial charge in [0.2, 0.25) is 15.9 Å². The smallest absolute Gasteiger partial charge is 0.286 e. The summed E-state index contributed by atoms with van der Waals surface area (Å²) in [5.41, 5.74) is 0.584. The molecule has 30 heavy (non-hydrogen) atoms. The summed E-state index contributed by atoms with van der Waals surface area (Å²) in [5.74, 6) is -0.303. The number of piperidine rings is 1. The van der Waals surface area contributed by atoms with Gasteiger partial charge in [0.1, 0.15) is 5.75 Å². The van der Waals surface area contributed by atoms with Gasteiger partial charge in [0.05, 0.1) is 13.0 Å². The van der Waals surface area contributed by atoms with Gasteiger partial charge in [0, 0.05) is 25.3 Å². The average Bonchev–Trinajstić information content (AvgIpc) is 3.28. The van der Waals surface area contributed by atoms with Crippen LogP contribution in [-0.2, 0) is 4.79 Å². The predicted molar refractivity (Wildman–Crippen MR) is 113 cm³/mol. The van der Waals surface area contributed by atoms with Crippen LogP contribution in [0.3, 0.4) is 0 Å². The van der Waals surface area contributed by atoms with Gasteiger partial charge in [-0.05, 0) is 43.5 Å². The van der Waals surface area contributed by atoms with E-state index in [1.165, 1.54) is 0 Å². The van der Waals surface area contributed by atoms with E-state index in [-0.39, 0.29) is 27.7 Å². The van der Waals surface area contributed by atoms with Gasteiger partial charge in [0.25, 0.3) is 11.8 Å². The average molecular weight is 432 g/mol. The van der Waals surface area contributed by atoms with E-state index in [9.17, 15) is 14.4 Å². The number of nitrogens with zero attached hydrogens (tertiary/aromatic N) is 3. The standard InChI is InChI=1S/C20H25N5O4S/c1-3-10-21-16(26)13-5-4-11-25(12-13)20(28)19-24-23-18(30-19)17(27)22-14-6-8-15(29-2)9-7-14/h6-9,13H,3-5,10-12H2,1-2H3,(H,21,26)(H,22,27). The number of rotatable bonds is 7. The molecule has 9 nitrogen and oxygen atoms in total. The predicted octanol–water partition coefficient (Wildman–Crippen LogP) is 2.18. The first-order valence-corrected chi connectivity index (χ1v) is 10.7. The number of ether oxygens (including phenoxy) is 1. The van der Waals surface area contributed by atoms with Crippen molar-refractivity contribution in [2.45, 2.75) is 26.2 Å². The number of methoxy groups -OCH3 is 1. The maximum absolute atomic E-state index is 12.8. The molecule has 0 radical (unpaired) electrons. The van der Waals surface area contributed by atoms with Crippen molar-refractivity contribution in [2.75, 3.05) is 32.1 Å². The Morgan fingerprint density at radius 1 is 1.20 bits per heavy atom. The molecular weight excluding hydrogens is 406 g/mol. The van der Waals surface area contributed by atoms with Gasteiger partial charge in [-0.1, -0.05) is 18.3 Å². The van der Waals surface area contributed by atoms with Crippen LogP contribution in [0, 0.1) is 5.92 Å². The number of likely N-dealkylation sites (tertiary alicyclic amines) is 1. The quantitative estimate of drug-likeness (QED) is 0.695. The van der Waals surface area contributed by atoms with Crippen LogP contribution < -0.4 is 15.4 Å². The van der Waals surface area contributed by atoms with Crippen molar-refractivity contribution in [3.8, 4) is 5.75 Å². The SMILES string of the molecule is CCCNC(=O)C1CCCN(C(=O)c2nnc(C(=O)Nc3ccc(OC)cc3)s2)C1. The highest BCUT2D eigenvalue weighted by Crippen LogP contribution is 2.21. The normalized spacial score (nSPS) is 16.1. The number of anilines is 1. The van der Waals surface area contributed by atoms with E-state index in [4.69, 9.17) is 4.74 Å². The maximum atomic E-state index is 12.8. The summed E-state index contributed by atoms with van der Waals surface area (Å²) in [6, 6.07) is 6.88. The first-order valence-electron chi connectivity index (χ1n) is 9.87. The lowest BCUT2D eigenvalue weighted by molar-refractivity contribution is -0.126. The molecule has 1 aromatic carbocycles. The van der Waals surface area contributed by atoms with Crippen molar-refractivity contribution >= 4 is 34.7 Å². The molecule has 1 unspecified atom stereocenters. The zero-order valence-electron chi connectivity index (χ0n) is 17.0. The molecule has 3 rings (SSSR count). The van der Waals surface area contributed by atoms with E-state index >= 15 is 0 Å². The van der Waals surface area contributed by atoms with Crippen LogP contribution in [0.25, 0.3) is 0 Å². The largest absolute Gasteiger partial charge is 0.497 e. The van der Waals surface area contributed by atoms with Crippen molar-refractivity contribution in [2.24, 2.45) is 5.92 Å². The lowest BCUT2D eigenvalue weighted by atomic mass is 9.97. The molecule has 1 aliphatic rings. The molecule has 10 heteroatoms. The summed E-state index contributed by atoms with van der Waals surface area (Å²) < 4.78 is 5.09. The number of hydrogen-bond acceptors (Lipinski definition) is 7. The molecule has 160 valence electrons. The van der Waals surface area contributed by atoms with Crippen LogP contribution in [0.15, 0.2) is 24.3 Å². The minimum absolute atomic E-state index is 0.0221. The minimum Gasteiger partial charge on any atom is -0.497 e. The Morgan fingerprint density at radius 3 is 2.63 bits per heavy atom. The van der Waals surface area contributed by atoms with E-state index in [0.717, 1.165) is 30.6 Å². The zero-order chi connectivity index (χ0) is 21.5. The highest BCUT2D eigenvalue weighted by atomic mass is 32.1. The van der Waals surface area contributed by atoms with Gasteiger partial charge in [0.15, 0.2) is 0 Å². The second-order valence-corrected chi connectivity index (χ2v) is 7.95. The number of carbonyl (C=O) groups is 3. The molecule has 0 bridgehead atoms. The number of amides is 3. The Morgan fingerprint density at radius 2 is 1.93 bits per heavy atom. The summed E-state index contributed by atoms with van der Waals surface area (Å²) in [7, 11) is 1.57. The van der Waals surface area contributed by atoms with E-state index in [1.807, 2.05) is 6.92 Å². The summed E-state index contributed by atoms with van der Waals surface area (Å²) in [6.07, 6.45) is 2.37. The molecular formula is C20H25N5O4S. The Hall–Kier alpha value is -3.01. The van der Waals surface area contributed by atoms with Crippen LogP contribution in [0.2, 0.25) is 0 Å². The van der Waals surface area contributed by atoms with Crippen LogP contribution in [0.5, 0.6) is 5.75 Å². The highest BCUT2D eigenvalue weighted by Gasteiger charge is 2.30. The highest BCUT2D eigenvalue weighted by molar-refractivity contribution is 7.15. The molecule has 0 aliphatic carbocycles. The van der Waals surface area contributed by atoms with Gasteiger partial charge in [-0.2, -0.15) is 0 Å². The number of nitrogens with one attached hydrogen (secondary N) is 2. The molecule has 2 heterocycles. The third-order valence-electron chi connectivity index (χ3n) is 4.78. The van der Waals surface area contributed by atoms with E-state index < -0.39 is 5.91 Å². The molecule has 1 atom stereocenters. The lowest BCUT2D eigenvalue weighted by Gasteiger charge is -2.31. The van der Waals surface area contributed by atoms with Gasteiger partial charge < -0.3 is 20.3 Å². The van der Waals surface area contributed by atoms with Crippen LogP contribution in [-0.4, -0.2) is 59.6 Å². The van der Waals surface area contributed by atoms with Gasteiger partial charge in [-0.15, -0.1) is 10.2 Å². The Balaban J connectivity index is 1.60. The molecule has 1 saturated heterocycles. The van der Waals surface area contributed by atoms with Gasteiger partial charge >= 0.3 is 0 Å². The van der Waals surface area contributed by atoms with Crippen molar-refractivity contribution in [1.82, 2.24) is 20.4 Å². The van der Waals surface area contributed by atoms with Gasteiger partial charge in [-0.25, -0.2) is 0 Å². The fourth-order valence-corrected chi connectivity index (χ4v) is 3.87. The molecule has 3 amide bonds. The fourth-order valence-electron chi connectivity index (χ4n) is 3.16. The van der Waals surface area contributed by atoms with Crippen molar-refractivity contribution < 1.29 is 19.1 Å². The molecule has 2 N–H and O–H groups in total. The van der Waals surface area contributed by atoms with Crippen LogP contribution in [0.4, 0.5) is 5.69 Å². The first kappa shape index (κ1) is 21.7. The number of aromatic nitrogens is 2. The summed E-state index contributed by atoms with van der Waals surface area (Å²) in [4.78, 5) is 39.1. The zero-order valence-corrected chi connectivity index (χ0v) is 17.8. The second kappa shape index (κ2) is 10.1. The van der Waals surface area contributed by atoms with Crippen LogP contribution in [0.1, 0.15) is 45.8 Å². The lowest BCUT2D eigenvalue weighted by Crippen LogP contribution is -2.45. The van der Waals surface area contributed by atoms with Crippen molar-refractivity contribution in [3.05, 3.63) is 34.3 Å². The summed E-state index contributed by atoms with van der Waals surface area (Å²) in [6.45, 7) is 3.53. The number of carbonyl (C=O) groups excluding carboxylic acids is 3. The molecule has 0 spiro atoms. The summed E-state index contributed by atoms with van der Waals surface area (Å²) in [5, 5.41) is 13.6. The molecule has 2 aromatic rings. The third-order valence-corrected chi connectivity index (χ3v) is 5.69. The minimum atomic E-state index is -0.438. The van der Waals surface area contributed by atoms with Crippen molar-refractivity contribution in [3.63, 3.8) is 0 Å². The first-order chi connectivity index (χ1) is 14.5. The second-order valence-electron chi connectivity index (χ2n) is 6.98. The third kappa shape index (κ3) is 5.32. The molecule has 1 aromatic heterocycles.